The highest BCUT2D eigenvalue weighted by molar-refractivity contribution is 7.45. The molecule has 0 aromatic rings. The van der Waals surface area contributed by atoms with Crippen molar-refractivity contribution in [3.63, 3.8) is 0 Å². The van der Waals surface area contributed by atoms with Crippen molar-refractivity contribution in [2.45, 2.75) is 200 Å². The molecule has 0 fully saturated rings. The summed E-state index contributed by atoms with van der Waals surface area (Å²) in [5.41, 5.74) is 0. The first-order valence-electron chi connectivity index (χ1n) is 28.5. The first-order valence-corrected chi connectivity index (χ1v) is 30.0. The third kappa shape index (κ3) is 57.2. The highest BCUT2D eigenvalue weighted by Crippen LogP contribution is 2.38. The van der Waals surface area contributed by atoms with E-state index in [-0.39, 0.29) is 26.1 Å². The number of phosphoric acid groups is 1. The molecule has 2 unspecified atom stereocenters. The van der Waals surface area contributed by atoms with Gasteiger partial charge in [0.25, 0.3) is 7.82 Å². The van der Waals surface area contributed by atoms with Gasteiger partial charge in [0.2, 0.25) is 0 Å². The molecule has 10 heteroatoms. The molecule has 0 spiro atoms. The Balaban J connectivity index is 4.29. The van der Waals surface area contributed by atoms with Crippen LogP contribution in [0.5, 0.6) is 0 Å². The number of esters is 2. The third-order valence-corrected chi connectivity index (χ3v) is 12.3. The maximum absolute atomic E-state index is 12.8. The molecule has 0 amide bonds. The number of carbonyl (C=O) groups is 2. The predicted octanol–water partition coefficient (Wildman–Crippen LogP) is 17.3. The van der Waals surface area contributed by atoms with Crippen LogP contribution in [0.4, 0.5) is 0 Å². The van der Waals surface area contributed by atoms with Crippen LogP contribution in [0.25, 0.3) is 0 Å². The molecule has 0 aromatic heterocycles. The van der Waals surface area contributed by atoms with Gasteiger partial charge in [0, 0.05) is 12.8 Å². The van der Waals surface area contributed by atoms with Crippen LogP contribution in [0.2, 0.25) is 0 Å². The number of phosphoric ester groups is 1. The minimum Gasteiger partial charge on any atom is -0.756 e. The Labute approximate surface area is 453 Å². The van der Waals surface area contributed by atoms with Crippen molar-refractivity contribution in [2.24, 2.45) is 0 Å². The summed E-state index contributed by atoms with van der Waals surface area (Å²) in [5, 5.41) is 0. The van der Waals surface area contributed by atoms with E-state index in [9.17, 15) is 19.0 Å². The van der Waals surface area contributed by atoms with Crippen molar-refractivity contribution in [3.8, 4) is 0 Å². The molecule has 2 atom stereocenters. The van der Waals surface area contributed by atoms with E-state index < -0.39 is 32.5 Å². The zero-order valence-electron chi connectivity index (χ0n) is 47.2. The molecule has 0 saturated carbocycles. The summed E-state index contributed by atoms with van der Waals surface area (Å²) < 4.78 is 34.1. The number of carbonyl (C=O) groups excluding carboxylic acids is 2. The molecule has 0 radical (unpaired) electrons. The van der Waals surface area contributed by atoms with Crippen LogP contribution in [0.3, 0.4) is 0 Å². The van der Waals surface area contributed by atoms with Crippen molar-refractivity contribution in [3.05, 3.63) is 146 Å². The Hall–Kier alpha value is -4.11. The molecule has 0 rings (SSSR count). The fourth-order valence-corrected chi connectivity index (χ4v) is 7.74. The Morgan fingerprint density at radius 3 is 1.08 bits per heavy atom. The van der Waals surface area contributed by atoms with Gasteiger partial charge in [-0.15, -0.1) is 0 Å². The predicted molar refractivity (Wildman–Crippen MR) is 314 cm³/mol. The largest absolute Gasteiger partial charge is 0.756 e. The molecule has 0 heterocycles. The molecule has 0 aromatic carbocycles. The molecule has 0 N–H and O–H groups in total. The van der Waals surface area contributed by atoms with Gasteiger partial charge in [0.1, 0.15) is 19.8 Å². The van der Waals surface area contributed by atoms with E-state index in [4.69, 9.17) is 18.5 Å². The minimum absolute atomic E-state index is 0.0458. The SMILES string of the molecule is CC/C=C\C/C=C\C/C=C\C/C=C\C/C=C\C/C=C\C/C=C\CCCCCCCCCC(=O)OC(COC(=O)CCCCCCC/C=C\C/C=C\C/C=C\C/C=C\C/C=C\CC)COP(=O)([O-])OCC[N+](C)(C)C. The molecular weight excluding hydrogens is 942 g/mol. The smallest absolute Gasteiger partial charge is 0.306 e. The van der Waals surface area contributed by atoms with Gasteiger partial charge >= 0.3 is 11.9 Å². The highest BCUT2D eigenvalue weighted by Gasteiger charge is 2.21. The zero-order valence-corrected chi connectivity index (χ0v) is 48.1. The van der Waals surface area contributed by atoms with E-state index >= 15 is 0 Å². The lowest BCUT2D eigenvalue weighted by atomic mass is 10.1. The maximum atomic E-state index is 12.8. The molecule has 0 saturated heterocycles. The summed E-state index contributed by atoms with van der Waals surface area (Å²) in [6.45, 7) is 3.95. The quantitative estimate of drug-likeness (QED) is 0.0195. The first-order chi connectivity index (χ1) is 36.0. The highest BCUT2D eigenvalue weighted by atomic mass is 31.2. The van der Waals surface area contributed by atoms with Crippen molar-refractivity contribution in [2.75, 3.05) is 47.5 Å². The molecule has 0 aliphatic carbocycles. The minimum atomic E-state index is -4.66. The summed E-state index contributed by atoms with van der Waals surface area (Å²) in [7, 11) is 1.12. The normalized spacial score (nSPS) is 14.4. The van der Waals surface area contributed by atoms with Gasteiger partial charge in [-0.05, 0) is 116 Å². The number of hydrogen-bond donors (Lipinski definition) is 0. The second-order valence-corrected chi connectivity index (χ2v) is 20.9. The number of rotatable bonds is 50. The zero-order chi connectivity index (χ0) is 54.2. The maximum Gasteiger partial charge on any atom is 0.306 e. The molecule has 74 heavy (non-hydrogen) atoms. The summed E-state index contributed by atoms with van der Waals surface area (Å²) in [5.74, 6) is -0.881. The third-order valence-electron chi connectivity index (χ3n) is 11.4. The lowest BCUT2D eigenvalue weighted by molar-refractivity contribution is -0.870. The molecule has 418 valence electrons. The van der Waals surface area contributed by atoms with E-state index in [0.29, 0.717) is 23.9 Å². The first kappa shape index (κ1) is 69.9. The Morgan fingerprint density at radius 2 is 0.730 bits per heavy atom. The monoisotopic (exact) mass is 1050 g/mol. The summed E-state index contributed by atoms with van der Waals surface area (Å²) in [6, 6.07) is 0. The summed E-state index contributed by atoms with van der Waals surface area (Å²) in [6.07, 6.45) is 78.8. The number of unbranched alkanes of at least 4 members (excludes halogenated alkanes) is 12. The van der Waals surface area contributed by atoms with E-state index in [1.807, 2.05) is 21.1 Å². The van der Waals surface area contributed by atoms with E-state index in [1.165, 1.54) is 12.8 Å². The Kier molecular flexibility index (Phi) is 50.7. The summed E-state index contributed by atoms with van der Waals surface area (Å²) >= 11 is 0. The van der Waals surface area contributed by atoms with Crippen LogP contribution in [-0.2, 0) is 32.7 Å². The van der Waals surface area contributed by atoms with Crippen LogP contribution < -0.4 is 4.89 Å². The van der Waals surface area contributed by atoms with Crippen LogP contribution in [-0.4, -0.2) is 70.0 Å². The number of likely N-dealkylation sites (N-methyl/N-ethyl adjacent to an activating group) is 1. The van der Waals surface area contributed by atoms with E-state index in [1.54, 1.807) is 0 Å². The molecule has 0 aliphatic rings. The lowest BCUT2D eigenvalue weighted by Crippen LogP contribution is -2.37. The van der Waals surface area contributed by atoms with Crippen molar-refractivity contribution in [1.82, 2.24) is 0 Å². The van der Waals surface area contributed by atoms with E-state index in [0.717, 1.165) is 141 Å². The van der Waals surface area contributed by atoms with Gasteiger partial charge in [-0.1, -0.05) is 211 Å². The topological polar surface area (TPSA) is 111 Å². The van der Waals surface area contributed by atoms with Crippen molar-refractivity contribution >= 4 is 19.8 Å². The molecular formula is C64H104NO8P. The molecule has 0 bridgehead atoms. The van der Waals surface area contributed by atoms with E-state index in [2.05, 4.69) is 160 Å². The van der Waals surface area contributed by atoms with Crippen LogP contribution in [0.15, 0.2) is 146 Å². The number of nitrogens with zero attached hydrogens (tertiary/aromatic N) is 1. The van der Waals surface area contributed by atoms with Gasteiger partial charge in [-0.2, -0.15) is 0 Å². The van der Waals surface area contributed by atoms with Gasteiger partial charge < -0.3 is 27.9 Å². The summed E-state index contributed by atoms with van der Waals surface area (Å²) in [4.78, 5) is 37.9. The number of quaternary nitrogens is 1. The van der Waals surface area contributed by atoms with Crippen molar-refractivity contribution < 1.29 is 42.1 Å². The molecule has 0 aliphatic heterocycles. The second-order valence-electron chi connectivity index (χ2n) is 19.5. The number of hydrogen-bond acceptors (Lipinski definition) is 8. The number of ether oxygens (including phenoxy) is 2. The van der Waals surface area contributed by atoms with Gasteiger partial charge in [0.05, 0.1) is 27.7 Å². The average Bonchev–Trinajstić information content (AvgIpc) is 3.36. The molecule has 9 nitrogen and oxygen atoms in total. The van der Waals surface area contributed by atoms with Gasteiger partial charge in [-0.25, -0.2) is 0 Å². The van der Waals surface area contributed by atoms with Crippen LogP contribution >= 0.6 is 7.82 Å². The average molecular weight is 1050 g/mol. The van der Waals surface area contributed by atoms with Crippen LogP contribution in [0.1, 0.15) is 194 Å². The van der Waals surface area contributed by atoms with Gasteiger partial charge in [-0.3, -0.25) is 14.2 Å². The van der Waals surface area contributed by atoms with Crippen molar-refractivity contribution in [1.29, 1.82) is 0 Å². The second kappa shape index (κ2) is 53.7. The fraction of sp³-hybridized carbons (Fsp3) is 0.594. The van der Waals surface area contributed by atoms with Crippen LogP contribution in [0, 0.1) is 0 Å². The standard InChI is InChI=1S/C64H104NO8P/c1-6-8-10-12-14-16-18-20-22-24-26-28-29-30-31-32-33-34-35-37-39-41-43-45-47-49-51-53-55-57-64(67)73-62(61-72-74(68,69)71-59-58-65(3,4)5)60-70-63(66)56-54-52-50-48-46-44-42-40-38-36-27-25-23-21-19-17-15-13-11-9-7-2/h8-11,14-17,20-23,26-28,30-31,33-34,36-37,39-40,42,62H,6-7,12-13,18-19,24-25,29,32,35,38,41,43-61H2,1-5H3/b10-8-,11-9-,16-14-,17-15-,22-20-,23-21-,28-26-,31-30-,34-33-,36-27-,39-37-,42-40-. The lowest BCUT2D eigenvalue weighted by Gasteiger charge is -2.28. The fourth-order valence-electron chi connectivity index (χ4n) is 7.01. The Bertz CT molecular complexity index is 1760. The van der Waals surface area contributed by atoms with Gasteiger partial charge in [0.15, 0.2) is 6.10 Å². The Morgan fingerprint density at radius 1 is 0.419 bits per heavy atom. The number of allylic oxidation sites excluding steroid dienone is 24.